The van der Waals surface area contributed by atoms with Gasteiger partial charge in [-0.05, 0) is 62.0 Å². The van der Waals surface area contributed by atoms with Crippen LogP contribution in [0.3, 0.4) is 0 Å². The first-order valence-electron chi connectivity index (χ1n) is 19.1. The molecule has 12 nitrogen and oxygen atoms in total. The van der Waals surface area contributed by atoms with E-state index in [0.717, 1.165) is 17.5 Å². The fourth-order valence-corrected chi connectivity index (χ4v) is 6.53. The van der Waals surface area contributed by atoms with Crippen LogP contribution in [0.4, 0.5) is 0 Å². The first-order valence-corrected chi connectivity index (χ1v) is 19.1. The molecule has 290 valence electrons. The molecule has 0 bridgehead atoms. The summed E-state index contributed by atoms with van der Waals surface area (Å²) in [6.07, 6.45) is 2.64. The summed E-state index contributed by atoms with van der Waals surface area (Å²) in [6.45, 7) is 12.4. The summed E-state index contributed by atoms with van der Waals surface area (Å²) >= 11 is 0. The molecule has 4 N–H and O–H groups in total. The first kappa shape index (κ1) is 41.6. The molecule has 2 aliphatic rings. The summed E-state index contributed by atoms with van der Waals surface area (Å²) in [5.74, 6) is -1.79. The van der Waals surface area contributed by atoms with Gasteiger partial charge in [0.05, 0.1) is 32.4 Å². The Hall–Kier alpha value is -4.13. The van der Waals surface area contributed by atoms with Gasteiger partial charge in [0, 0.05) is 19.5 Å². The van der Waals surface area contributed by atoms with Crippen LogP contribution >= 0.6 is 0 Å². The van der Waals surface area contributed by atoms with E-state index in [1.54, 1.807) is 6.92 Å². The number of morpholine rings is 1. The minimum atomic E-state index is -1.03. The first-order chi connectivity index (χ1) is 25.3. The van der Waals surface area contributed by atoms with Crippen LogP contribution in [0.25, 0.3) is 0 Å². The number of Topliss-reactive ketones (excluding diaryl/α,β-unsaturated/α-hetero) is 1. The second kappa shape index (κ2) is 20.4. The molecule has 2 fully saturated rings. The van der Waals surface area contributed by atoms with Crippen LogP contribution < -0.4 is 21.3 Å². The second-order valence-corrected chi connectivity index (χ2v) is 15.4. The van der Waals surface area contributed by atoms with Crippen LogP contribution in [0.1, 0.15) is 71.4 Å². The Morgan fingerprint density at radius 1 is 0.698 bits per heavy atom. The van der Waals surface area contributed by atoms with Crippen LogP contribution in [-0.2, 0) is 46.3 Å². The van der Waals surface area contributed by atoms with Gasteiger partial charge in [-0.1, -0.05) is 88.4 Å². The minimum Gasteiger partial charge on any atom is -0.379 e. The third-order valence-corrected chi connectivity index (χ3v) is 9.62. The molecule has 2 aromatic rings. The van der Waals surface area contributed by atoms with Gasteiger partial charge < -0.3 is 30.7 Å². The quantitative estimate of drug-likeness (QED) is 0.143. The molecule has 5 atom stereocenters. The molecule has 1 unspecified atom stereocenters. The number of hydrogen-bond donors (Lipinski definition) is 4. The lowest BCUT2D eigenvalue weighted by atomic mass is 9.93. The summed E-state index contributed by atoms with van der Waals surface area (Å²) in [5.41, 5.74) is 1.03. The van der Waals surface area contributed by atoms with E-state index >= 15 is 0 Å². The number of ketones is 1. The largest absolute Gasteiger partial charge is 0.379 e. The molecular weight excluding hydrogens is 674 g/mol. The number of amides is 4. The Balaban J connectivity index is 1.50. The fraction of sp³-hybridized carbons (Fsp3) is 0.585. The van der Waals surface area contributed by atoms with Gasteiger partial charge in [-0.2, -0.15) is 0 Å². The lowest BCUT2D eigenvalue weighted by Crippen LogP contribution is -2.59. The Bertz CT molecular complexity index is 1490. The zero-order valence-electron chi connectivity index (χ0n) is 32.0. The van der Waals surface area contributed by atoms with Crippen molar-refractivity contribution >= 4 is 29.4 Å². The van der Waals surface area contributed by atoms with Crippen molar-refractivity contribution in [3.05, 3.63) is 71.8 Å². The summed E-state index contributed by atoms with van der Waals surface area (Å²) in [7, 11) is 0. The molecule has 4 rings (SSSR count). The van der Waals surface area contributed by atoms with Crippen molar-refractivity contribution in [2.45, 2.75) is 103 Å². The molecule has 12 heteroatoms. The van der Waals surface area contributed by atoms with E-state index in [0.29, 0.717) is 58.6 Å². The van der Waals surface area contributed by atoms with Gasteiger partial charge in [-0.3, -0.25) is 28.9 Å². The lowest BCUT2D eigenvalue weighted by Gasteiger charge is -2.29. The number of ether oxygens (including phenoxy) is 2. The SMILES string of the molecule is CC(C)C[C@H](NC(=O)[C@H](CCCc1ccccc1)NC(=O)CN1CCOCC1)C(=O)NC(Cc1ccccc1)C(=O)N[C@@H](CC(C)C)C(=O)[C@@]1(C)CO1. The summed E-state index contributed by atoms with van der Waals surface area (Å²) in [4.78, 5) is 70.6. The Morgan fingerprint density at radius 3 is 1.79 bits per heavy atom. The predicted molar refractivity (Wildman–Crippen MR) is 203 cm³/mol. The summed E-state index contributed by atoms with van der Waals surface area (Å²) in [5, 5.41) is 11.7. The van der Waals surface area contributed by atoms with E-state index < -0.39 is 47.5 Å². The smallest absolute Gasteiger partial charge is 0.243 e. The highest BCUT2D eigenvalue weighted by Crippen LogP contribution is 2.29. The standard InChI is InChI=1S/C41H59N5O7/c1-28(2)23-33(37(48)41(5)27-53-41)43-40(51)35(25-31-15-10-7-11-16-31)45-39(50)34(24-29(3)4)44-38(49)32(18-12-17-30-13-8-6-9-14-30)42-36(47)26-46-19-21-52-22-20-46/h6-11,13-16,28-29,32-35H,12,17-27H2,1-5H3,(H,42,47)(H,43,51)(H,44,49)(H,45,50)/t32-,33-,34-,35?,41+/m0/s1. The van der Waals surface area contributed by atoms with Gasteiger partial charge in [0.2, 0.25) is 23.6 Å². The molecule has 0 saturated carbocycles. The van der Waals surface area contributed by atoms with E-state index in [1.807, 2.05) is 93.3 Å². The minimum absolute atomic E-state index is 0.0206. The maximum absolute atomic E-state index is 14.1. The fourth-order valence-electron chi connectivity index (χ4n) is 6.53. The maximum Gasteiger partial charge on any atom is 0.243 e. The molecule has 4 amide bonds. The van der Waals surface area contributed by atoms with Crippen molar-refractivity contribution in [1.29, 1.82) is 0 Å². The highest BCUT2D eigenvalue weighted by Gasteiger charge is 2.50. The van der Waals surface area contributed by atoms with Crippen LogP contribution in [0.5, 0.6) is 0 Å². The van der Waals surface area contributed by atoms with Crippen LogP contribution in [0, 0.1) is 11.8 Å². The van der Waals surface area contributed by atoms with Crippen molar-refractivity contribution in [1.82, 2.24) is 26.2 Å². The van der Waals surface area contributed by atoms with E-state index in [9.17, 15) is 24.0 Å². The van der Waals surface area contributed by atoms with Gasteiger partial charge in [-0.25, -0.2) is 0 Å². The average Bonchev–Trinajstić information content (AvgIpc) is 3.88. The number of carbonyl (C=O) groups excluding carboxylic acids is 5. The van der Waals surface area contributed by atoms with Gasteiger partial charge >= 0.3 is 0 Å². The van der Waals surface area contributed by atoms with Gasteiger partial charge in [-0.15, -0.1) is 0 Å². The van der Waals surface area contributed by atoms with Crippen LogP contribution in [0.2, 0.25) is 0 Å². The van der Waals surface area contributed by atoms with E-state index in [1.165, 1.54) is 0 Å². The summed E-state index contributed by atoms with van der Waals surface area (Å²) in [6, 6.07) is 15.6. The van der Waals surface area contributed by atoms with E-state index in [4.69, 9.17) is 9.47 Å². The summed E-state index contributed by atoms with van der Waals surface area (Å²) < 4.78 is 10.8. The molecule has 0 aliphatic carbocycles. The number of rotatable bonds is 21. The molecule has 2 heterocycles. The van der Waals surface area contributed by atoms with E-state index in [2.05, 4.69) is 21.3 Å². The number of aryl methyl sites for hydroxylation is 1. The molecule has 0 spiro atoms. The number of carbonyl (C=O) groups is 5. The highest BCUT2D eigenvalue weighted by atomic mass is 16.6. The van der Waals surface area contributed by atoms with Crippen LogP contribution in [0.15, 0.2) is 60.7 Å². The molecule has 2 saturated heterocycles. The third-order valence-electron chi connectivity index (χ3n) is 9.62. The zero-order valence-corrected chi connectivity index (χ0v) is 32.0. The molecule has 0 aromatic heterocycles. The van der Waals surface area contributed by atoms with Gasteiger partial charge in [0.15, 0.2) is 5.78 Å². The van der Waals surface area contributed by atoms with Crippen molar-refractivity contribution in [3.8, 4) is 0 Å². The average molecular weight is 734 g/mol. The zero-order chi connectivity index (χ0) is 38.4. The predicted octanol–water partition coefficient (Wildman–Crippen LogP) is 2.97. The number of epoxide rings is 1. The number of benzene rings is 2. The second-order valence-electron chi connectivity index (χ2n) is 15.4. The number of nitrogens with one attached hydrogen (secondary N) is 4. The molecule has 2 aromatic carbocycles. The van der Waals surface area contributed by atoms with Crippen molar-refractivity contribution in [2.75, 3.05) is 39.5 Å². The number of nitrogens with zero attached hydrogens (tertiary/aromatic N) is 1. The van der Waals surface area contributed by atoms with Crippen LogP contribution in [-0.4, -0.2) is 104 Å². The Morgan fingerprint density at radius 2 is 1.21 bits per heavy atom. The normalized spacial score (nSPS) is 19.5. The maximum atomic E-state index is 14.1. The lowest BCUT2D eigenvalue weighted by molar-refractivity contribution is -0.135. The molecule has 0 radical (unpaired) electrons. The topological polar surface area (TPSA) is 158 Å². The van der Waals surface area contributed by atoms with Crippen molar-refractivity contribution in [2.24, 2.45) is 11.8 Å². The molecular formula is C41H59N5O7. The Labute approximate surface area is 314 Å². The monoisotopic (exact) mass is 733 g/mol. The van der Waals surface area contributed by atoms with Gasteiger partial charge in [0.1, 0.15) is 23.7 Å². The van der Waals surface area contributed by atoms with E-state index in [-0.39, 0.29) is 36.5 Å². The molecule has 53 heavy (non-hydrogen) atoms. The third kappa shape index (κ3) is 14.0. The molecule has 2 aliphatic heterocycles. The van der Waals surface area contributed by atoms with Gasteiger partial charge in [0.25, 0.3) is 0 Å². The number of hydrogen-bond acceptors (Lipinski definition) is 8. The van der Waals surface area contributed by atoms with Crippen molar-refractivity contribution < 1.29 is 33.4 Å². The Kier molecular flexibility index (Phi) is 16.0. The van der Waals surface area contributed by atoms with Crippen molar-refractivity contribution in [3.63, 3.8) is 0 Å². The highest BCUT2D eigenvalue weighted by molar-refractivity contribution is 5.98.